The van der Waals surface area contributed by atoms with Crippen molar-refractivity contribution in [1.29, 1.82) is 0 Å². The number of aromatic nitrogens is 4. The zero-order valence-electron chi connectivity index (χ0n) is 27.5. The molecule has 0 spiro atoms. The van der Waals surface area contributed by atoms with E-state index in [1.54, 1.807) is 0 Å². The second kappa shape index (κ2) is 11.8. The van der Waals surface area contributed by atoms with Gasteiger partial charge in [0.15, 0.2) is 17.5 Å². The zero-order valence-corrected chi connectivity index (χ0v) is 27.5. The molecular weight excluding hydrogens is 613 g/mol. The van der Waals surface area contributed by atoms with E-state index >= 15 is 0 Å². The van der Waals surface area contributed by atoms with Crippen LogP contribution in [0.3, 0.4) is 0 Å². The van der Waals surface area contributed by atoms with Crippen molar-refractivity contribution >= 4 is 34.0 Å². The van der Waals surface area contributed by atoms with Crippen molar-refractivity contribution in [2.24, 2.45) is 0 Å². The fraction of sp³-hybridized carbons (Fsp3) is 0.136. The molecule has 2 aliphatic heterocycles. The zero-order chi connectivity index (χ0) is 33.0. The summed E-state index contributed by atoms with van der Waals surface area (Å²) in [4.78, 5) is 25.0. The van der Waals surface area contributed by atoms with Gasteiger partial charge in [-0.2, -0.15) is 0 Å². The summed E-state index contributed by atoms with van der Waals surface area (Å²) < 4.78 is 0. The number of hydrogen-bond donors (Lipinski definition) is 0. The van der Waals surface area contributed by atoms with Gasteiger partial charge in [0.25, 0.3) is 0 Å². The predicted octanol–water partition coefficient (Wildman–Crippen LogP) is 9.93. The van der Waals surface area contributed by atoms with Crippen LogP contribution in [-0.4, -0.2) is 32.0 Å². The molecule has 4 heterocycles. The first-order valence-corrected chi connectivity index (χ1v) is 17.5. The quantitative estimate of drug-likeness (QED) is 0.189. The molecule has 10 rings (SSSR count). The maximum Gasteiger partial charge on any atom is 0.165 e. The Hall–Kier alpha value is -6.14. The molecule has 0 radical (unpaired) electrons. The molecule has 0 bridgehead atoms. The van der Waals surface area contributed by atoms with Gasteiger partial charge in [0, 0.05) is 40.1 Å². The van der Waals surface area contributed by atoms with Gasteiger partial charge < -0.3 is 9.80 Å². The molecule has 0 amide bonds. The summed E-state index contributed by atoms with van der Waals surface area (Å²) in [7, 11) is 0. The number of hydrogen-bond acceptors (Lipinski definition) is 6. The van der Waals surface area contributed by atoms with Gasteiger partial charge in [-0.1, -0.05) is 115 Å². The minimum atomic E-state index is 0.127. The Morgan fingerprint density at radius 1 is 0.660 bits per heavy atom. The lowest BCUT2D eigenvalue weighted by molar-refractivity contribution is 0.738. The molecule has 0 saturated carbocycles. The lowest BCUT2D eigenvalue weighted by atomic mass is 9.89. The Balaban J connectivity index is 1.10. The molecule has 3 unspecified atom stereocenters. The van der Waals surface area contributed by atoms with Crippen molar-refractivity contribution in [3.05, 3.63) is 169 Å². The van der Waals surface area contributed by atoms with E-state index in [1.165, 1.54) is 33.8 Å². The van der Waals surface area contributed by atoms with Crippen LogP contribution in [0, 0.1) is 0 Å². The third-order valence-corrected chi connectivity index (χ3v) is 10.4. The molecule has 0 N–H and O–H groups in total. The number of rotatable bonds is 5. The first kappa shape index (κ1) is 28.8. The van der Waals surface area contributed by atoms with Crippen molar-refractivity contribution in [2.45, 2.75) is 37.3 Å². The molecule has 5 aliphatic rings. The van der Waals surface area contributed by atoms with E-state index in [2.05, 4.69) is 125 Å². The molecule has 3 aliphatic carbocycles. The molecule has 3 aromatic carbocycles. The van der Waals surface area contributed by atoms with Gasteiger partial charge >= 0.3 is 0 Å². The minimum Gasteiger partial charge on any atom is -0.333 e. The van der Waals surface area contributed by atoms with Crippen molar-refractivity contribution in [3.8, 4) is 22.8 Å². The van der Waals surface area contributed by atoms with Crippen LogP contribution in [-0.2, 0) is 0 Å². The lowest BCUT2D eigenvalue weighted by Crippen LogP contribution is -2.29. The van der Waals surface area contributed by atoms with E-state index in [4.69, 9.17) is 19.9 Å². The smallest absolute Gasteiger partial charge is 0.165 e. The first-order valence-electron chi connectivity index (χ1n) is 17.5. The highest BCUT2D eigenvalue weighted by molar-refractivity contribution is 6.01. The molecule has 2 aromatic heterocycles. The number of benzene rings is 3. The van der Waals surface area contributed by atoms with Crippen LogP contribution in [0.5, 0.6) is 0 Å². The summed E-state index contributed by atoms with van der Waals surface area (Å²) in [5, 5.41) is 0. The van der Waals surface area contributed by atoms with E-state index in [0.29, 0.717) is 17.5 Å². The average molecular weight is 647 g/mol. The topological polar surface area (TPSA) is 58.0 Å². The lowest BCUT2D eigenvalue weighted by Gasteiger charge is -2.29. The summed E-state index contributed by atoms with van der Waals surface area (Å²) in [6.07, 6.45) is 27.2. The van der Waals surface area contributed by atoms with E-state index in [9.17, 15) is 0 Å². The van der Waals surface area contributed by atoms with Crippen LogP contribution < -0.4 is 9.80 Å². The van der Waals surface area contributed by atoms with Crippen LogP contribution >= 0.6 is 0 Å². The highest BCUT2D eigenvalue weighted by Crippen LogP contribution is 2.58. The average Bonchev–Trinajstić information content (AvgIpc) is 3.72. The number of para-hydroxylation sites is 1. The Labute approximate surface area is 291 Å². The number of pyridine rings is 1. The molecule has 3 atom stereocenters. The van der Waals surface area contributed by atoms with Gasteiger partial charge in [-0.15, -0.1) is 0 Å². The largest absolute Gasteiger partial charge is 0.333 e. The van der Waals surface area contributed by atoms with Gasteiger partial charge in [0.1, 0.15) is 5.82 Å². The summed E-state index contributed by atoms with van der Waals surface area (Å²) in [6, 6.07) is 30.2. The molecular formula is C44H34N6. The second-order valence-electron chi connectivity index (χ2n) is 13.3. The van der Waals surface area contributed by atoms with Crippen molar-refractivity contribution in [1.82, 2.24) is 19.9 Å². The molecule has 50 heavy (non-hydrogen) atoms. The van der Waals surface area contributed by atoms with Gasteiger partial charge in [-0.3, -0.25) is 0 Å². The van der Waals surface area contributed by atoms with Crippen molar-refractivity contribution < 1.29 is 0 Å². The molecule has 0 saturated heterocycles. The molecule has 0 fully saturated rings. The van der Waals surface area contributed by atoms with Gasteiger partial charge in [-0.25, -0.2) is 19.9 Å². The van der Waals surface area contributed by atoms with Crippen LogP contribution in [0.2, 0.25) is 0 Å². The van der Waals surface area contributed by atoms with Crippen molar-refractivity contribution in [2.75, 3.05) is 9.80 Å². The maximum absolute atomic E-state index is 5.17. The van der Waals surface area contributed by atoms with Gasteiger partial charge in [-0.05, 0) is 60.7 Å². The van der Waals surface area contributed by atoms with Crippen LogP contribution in [0.25, 0.3) is 33.9 Å². The molecule has 5 aromatic rings. The summed E-state index contributed by atoms with van der Waals surface area (Å²) >= 11 is 0. The van der Waals surface area contributed by atoms with E-state index in [0.717, 1.165) is 41.8 Å². The van der Waals surface area contributed by atoms with Crippen LogP contribution in [0.1, 0.15) is 42.1 Å². The minimum absolute atomic E-state index is 0.127. The van der Waals surface area contributed by atoms with Crippen LogP contribution in [0.4, 0.5) is 22.9 Å². The van der Waals surface area contributed by atoms with Gasteiger partial charge in [0.2, 0.25) is 0 Å². The maximum atomic E-state index is 5.17. The summed E-state index contributed by atoms with van der Waals surface area (Å²) in [5.41, 5.74) is 10.6. The predicted molar refractivity (Wildman–Crippen MR) is 202 cm³/mol. The molecule has 240 valence electrons. The van der Waals surface area contributed by atoms with E-state index in [-0.39, 0.29) is 18.0 Å². The number of fused-ring (bicyclic) bond motifs is 7. The van der Waals surface area contributed by atoms with Gasteiger partial charge in [0.05, 0.1) is 23.5 Å². The SMILES string of the molecule is C1=CCC2C(=C1)c1c(ccc3c1N(c1ccc(-c4nc(C5=CCCC=C5)nc(-c5ccccc5)n4)cn1)C1C=CC=CC31)N2c1ccccc1. The Kier molecular flexibility index (Phi) is 6.79. The van der Waals surface area contributed by atoms with Crippen LogP contribution in [0.15, 0.2) is 152 Å². The first-order chi connectivity index (χ1) is 24.8. The monoisotopic (exact) mass is 646 g/mol. The fourth-order valence-corrected chi connectivity index (χ4v) is 8.13. The number of nitrogens with zero attached hydrogens (tertiary/aromatic N) is 6. The van der Waals surface area contributed by atoms with Crippen molar-refractivity contribution in [3.63, 3.8) is 0 Å². The Bertz CT molecular complexity index is 2310. The highest BCUT2D eigenvalue weighted by Gasteiger charge is 2.45. The van der Waals surface area contributed by atoms with E-state index < -0.39 is 0 Å². The Morgan fingerprint density at radius 2 is 1.46 bits per heavy atom. The summed E-state index contributed by atoms with van der Waals surface area (Å²) in [6.45, 7) is 0. The summed E-state index contributed by atoms with van der Waals surface area (Å²) in [5.74, 6) is 3.12. The highest BCUT2D eigenvalue weighted by atomic mass is 15.3. The number of allylic oxidation sites excluding steroid dienone is 8. The standard InChI is InChI=1S/C44H34N6/c1-4-14-29(15-5-1)42-46-43(30-16-6-2-7-17-30)48-44(47-42)31-24-27-39(45-28-31)50-36-22-12-10-20-33(36)34-25-26-38-40(41(34)50)35-21-11-13-23-37(35)49(38)32-18-8-3-9-19-32/h1,3-6,8-22,24-28,33,36-37H,2,7,23H2. The van der Waals surface area contributed by atoms with E-state index in [1.807, 2.05) is 36.5 Å². The third-order valence-electron chi connectivity index (χ3n) is 10.4. The Morgan fingerprint density at radius 3 is 2.26 bits per heavy atom. The number of anilines is 4. The third kappa shape index (κ3) is 4.63. The fourth-order valence-electron chi connectivity index (χ4n) is 8.13. The second-order valence-corrected chi connectivity index (χ2v) is 13.3. The normalized spacial score (nSPS) is 21.0. The molecule has 6 heteroatoms. The molecule has 6 nitrogen and oxygen atoms in total.